The highest BCUT2D eigenvalue weighted by atomic mass is 35.5. The highest BCUT2D eigenvalue weighted by molar-refractivity contribution is 7.98. The lowest BCUT2D eigenvalue weighted by Crippen LogP contribution is -2.36. The number of nitrogens with zero attached hydrogens (tertiary/aromatic N) is 3. The van der Waals surface area contributed by atoms with Gasteiger partial charge in [-0.2, -0.15) is 17.0 Å². The lowest BCUT2D eigenvalue weighted by molar-refractivity contribution is 0.557. The van der Waals surface area contributed by atoms with E-state index in [4.69, 9.17) is 9.68 Å². The van der Waals surface area contributed by atoms with Crippen molar-refractivity contribution in [2.45, 2.75) is 5.75 Å². The summed E-state index contributed by atoms with van der Waals surface area (Å²) in [6.45, 7) is 1.20. The van der Waals surface area contributed by atoms with Gasteiger partial charge in [0, 0.05) is 18.1 Å². The molecule has 0 saturated carbocycles. The Kier molecular flexibility index (Phi) is 10.7. The van der Waals surface area contributed by atoms with Gasteiger partial charge in [-0.1, -0.05) is 42.5 Å². The normalized spacial score (nSPS) is 10.9. The van der Waals surface area contributed by atoms with E-state index in [-0.39, 0.29) is 12.4 Å². The van der Waals surface area contributed by atoms with Gasteiger partial charge in [0.1, 0.15) is 6.26 Å². The second-order valence-electron chi connectivity index (χ2n) is 4.70. The Balaban J connectivity index is 0.00000312. The van der Waals surface area contributed by atoms with Crippen LogP contribution < -0.4 is 10.6 Å². The van der Waals surface area contributed by atoms with Gasteiger partial charge in [-0.25, -0.2) is 9.98 Å². The Hall–Kier alpha value is -2.43. The third-order valence-corrected chi connectivity index (χ3v) is 3.90. The number of thioether (sulfide) groups is 1. The Morgan fingerprint density at radius 1 is 1.36 bits per heavy atom. The molecule has 0 radical (unpaired) electrons. The lowest BCUT2D eigenvalue weighted by atomic mass is 10.2. The van der Waals surface area contributed by atoms with Crippen molar-refractivity contribution in [1.82, 2.24) is 15.6 Å². The van der Waals surface area contributed by atoms with Crippen LogP contribution in [-0.2, 0) is 5.75 Å². The van der Waals surface area contributed by atoms with Crippen molar-refractivity contribution in [2.24, 2.45) is 4.99 Å². The van der Waals surface area contributed by atoms with Crippen LogP contribution in [0.15, 0.2) is 58.5 Å². The molecule has 0 saturated heterocycles. The maximum Gasteiger partial charge on any atom is 0.205 e. The zero-order valence-corrected chi connectivity index (χ0v) is 15.2. The first kappa shape index (κ1) is 20.6. The van der Waals surface area contributed by atoms with Crippen molar-refractivity contribution in [3.63, 3.8) is 0 Å². The number of benzene rings is 1. The van der Waals surface area contributed by atoms with Gasteiger partial charge in [0.25, 0.3) is 0 Å². The molecular weight excluding hydrogens is 358 g/mol. The Morgan fingerprint density at radius 2 is 2.20 bits per heavy atom. The van der Waals surface area contributed by atoms with Gasteiger partial charge in [-0.15, -0.1) is 12.4 Å². The fourth-order valence-electron chi connectivity index (χ4n) is 1.82. The molecule has 0 atom stereocenters. The second kappa shape index (κ2) is 12.9. The van der Waals surface area contributed by atoms with Crippen LogP contribution in [0, 0.1) is 11.5 Å². The summed E-state index contributed by atoms with van der Waals surface area (Å²) in [6.07, 6.45) is 8.92. The molecule has 132 valence electrons. The molecule has 2 aromatic rings. The highest BCUT2D eigenvalue weighted by Gasteiger charge is 1.98. The number of nitriles is 1. The fourth-order valence-corrected chi connectivity index (χ4v) is 2.56. The molecule has 0 unspecified atom stereocenters. The van der Waals surface area contributed by atoms with E-state index >= 15 is 0 Å². The zero-order valence-electron chi connectivity index (χ0n) is 13.6. The number of oxazole rings is 1. The number of guanidine groups is 1. The molecule has 0 spiro atoms. The van der Waals surface area contributed by atoms with E-state index in [2.05, 4.69) is 20.6 Å². The highest BCUT2D eigenvalue weighted by Crippen LogP contribution is 2.08. The molecule has 1 aromatic carbocycles. The molecule has 25 heavy (non-hydrogen) atoms. The molecule has 0 fully saturated rings. The first-order valence-corrected chi connectivity index (χ1v) is 8.64. The first-order chi connectivity index (χ1) is 11.9. The van der Waals surface area contributed by atoms with Gasteiger partial charge in [0.2, 0.25) is 5.96 Å². The third-order valence-electron chi connectivity index (χ3n) is 2.91. The van der Waals surface area contributed by atoms with Gasteiger partial charge in [-0.05, 0) is 5.56 Å². The van der Waals surface area contributed by atoms with Gasteiger partial charge < -0.3 is 9.73 Å². The summed E-state index contributed by atoms with van der Waals surface area (Å²) in [7, 11) is 0. The van der Waals surface area contributed by atoms with Crippen LogP contribution in [0.5, 0.6) is 0 Å². The van der Waals surface area contributed by atoms with E-state index in [1.54, 1.807) is 18.0 Å². The van der Waals surface area contributed by atoms with E-state index < -0.39 is 0 Å². The van der Waals surface area contributed by atoms with Gasteiger partial charge >= 0.3 is 0 Å². The largest absolute Gasteiger partial charge is 0.451 e. The molecule has 0 aliphatic heterocycles. The van der Waals surface area contributed by atoms with Crippen molar-refractivity contribution >= 4 is 36.2 Å². The average Bonchev–Trinajstić information content (AvgIpc) is 3.12. The quantitative estimate of drug-likeness (QED) is 0.242. The first-order valence-electron chi connectivity index (χ1n) is 7.48. The van der Waals surface area contributed by atoms with Crippen LogP contribution >= 0.6 is 24.2 Å². The summed E-state index contributed by atoms with van der Waals surface area (Å²) >= 11 is 1.73. The molecule has 1 aromatic heterocycles. The molecule has 0 aliphatic rings. The minimum Gasteiger partial charge on any atom is -0.451 e. The van der Waals surface area contributed by atoms with Crippen LogP contribution in [0.3, 0.4) is 0 Å². The number of hydrogen-bond acceptors (Lipinski definition) is 5. The van der Waals surface area contributed by atoms with E-state index in [0.717, 1.165) is 22.8 Å². The van der Waals surface area contributed by atoms with E-state index in [1.807, 2.05) is 48.7 Å². The summed E-state index contributed by atoms with van der Waals surface area (Å²) in [5, 5.41) is 14.5. The molecule has 8 heteroatoms. The van der Waals surface area contributed by atoms with Crippen molar-refractivity contribution in [1.29, 1.82) is 5.26 Å². The summed E-state index contributed by atoms with van der Waals surface area (Å²) in [5.74, 6) is 2.16. The molecular formula is C17H20ClN5OS. The Bertz CT molecular complexity index is 683. The fraction of sp³-hybridized carbons (Fsp3) is 0.235. The van der Waals surface area contributed by atoms with Gasteiger partial charge in [0.15, 0.2) is 12.6 Å². The Morgan fingerprint density at radius 3 is 2.92 bits per heavy atom. The average molecular weight is 378 g/mol. The van der Waals surface area contributed by atoms with Crippen LogP contribution in [0.25, 0.3) is 6.08 Å². The lowest BCUT2D eigenvalue weighted by Gasteiger charge is -2.06. The maximum absolute atomic E-state index is 8.78. The number of halogens is 1. The molecule has 0 aliphatic carbocycles. The smallest absolute Gasteiger partial charge is 0.205 e. The second-order valence-corrected chi connectivity index (χ2v) is 5.80. The zero-order chi connectivity index (χ0) is 16.9. The number of nitrogens with one attached hydrogen (secondary N) is 2. The van der Waals surface area contributed by atoms with Crippen molar-refractivity contribution in [3.05, 3.63) is 60.3 Å². The molecule has 1 heterocycles. The predicted octanol–water partition coefficient (Wildman–Crippen LogP) is 3.06. The topological polar surface area (TPSA) is 86.2 Å². The molecule has 0 amide bonds. The molecule has 0 bridgehead atoms. The summed E-state index contributed by atoms with van der Waals surface area (Å²) in [4.78, 5) is 8.38. The monoisotopic (exact) mass is 377 g/mol. The Labute approximate surface area is 157 Å². The van der Waals surface area contributed by atoms with Crippen LogP contribution in [0.4, 0.5) is 0 Å². The van der Waals surface area contributed by atoms with Crippen molar-refractivity contribution < 1.29 is 4.42 Å². The number of aliphatic imine (C=N–C) groups is 1. The van der Waals surface area contributed by atoms with Crippen LogP contribution in [0.1, 0.15) is 11.3 Å². The number of hydrogen-bond donors (Lipinski definition) is 2. The molecule has 6 nitrogen and oxygen atoms in total. The summed E-state index contributed by atoms with van der Waals surface area (Å²) in [5.41, 5.74) is 2.05. The van der Waals surface area contributed by atoms with Gasteiger partial charge in [-0.3, -0.25) is 5.32 Å². The van der Waals surface area contributed by atoms with E-state index in [0.29, 0.717) is 19.0 Å². The van der Waals surface area contributed by atoms with Crippen molar-refractivity contribution in [2.75, 3.05) is 18.8 Å². The summed E-state index contributed by atoms with van der Waals surface area (Å²) < 4.78 is 4.92. The minimum absolute atomic E-state index is 0. The number of aromatic nitrogens is 1. The minimum atomic E-state index is 0. The summed E-state index contributed by atoms with van der Waals surface area (Å²) in [6, 6.07) is 10.0. The van der Waals surface area contributed by atoms with E-state index in [9.17, 15) is 0 Å². The van der Waals surface area contributed by atoms with Gasteiger partial charge in [0.05, 0.1) is 12.2 Å². The molecule has 2 N–H and O–H groups in total. The SMILES string of the molecule is Cl.N#CN/C(=N\C/C=C/c1ccccc1)NCCSCc1cocn1. The van der Waals surface area contributed by atoms with Crippen LogP contribution in [-0.4, -0.2) is 29.8 Å². The maximum atomic E-state index is 8.78. The van der Waals surface area contributed by atoms with Crippen molar-refractivity contribution in [3.8, 4) is 6.19 Å². The predicted molar refractivity (Wildman–Crippen MR) is 104 cm³/mol. The van der Waals surface area contributed by atoms with E-state index in [1.165, 1.54) is 6.39 Å². The number of rotatable bonds is 8. The molecule has 2 rings (SSSR count). The standard InChI is InChI=1S/C17H19N5OS.ClH/c18-13-21-17(19-8-4-7-15-5-2-1-3-6-15)20-9-10-24-12-16-11-23-14-22-16;/h1-7,11,14H,8-10,12H2,(H2,19,20,21);1H/b7-4+;. The third kappa shape index (κ3) is 8.84. The van der Waals surface area contributed by atoms with Crippen LogP contribution in [0.2, 0.25) is 0 Å².